The van der Waals surface area contributed by atoms with Crippen LogP contribution in [0.5, 0.6) is 0 Å². The molecule has 0 saturated heterocycles. The molecule has 0 fully saturated rings. The third kappa shape index (κ3) is 9.19. The molecule has 0 bridgehead atoms. The molecule has 0 aromatic heterocycles. The average Bonchev–Trinajstić information content (AvgIpc) is 2.03. The molecule has 1 nitrogen and oxygen atoms in total. The van der Waals surface area contributed by atoms with Gasteiger partial charge in [0.25, 0.3) is 0 Å². The van der Waals surface area contributed by atoms with E-state index in [1.165, 1.54) is 25.3 Å². The molecule has 0 aromatic carbocycles. The van der Waals surface area contributed by atoms with Crippen molar-refractivity contribution in [1.82, 2.24) is 0 Å². The average molecular weight is 152 g/mol. The fraction of sp³-hybridized carbons (Fsp3) is 0.600. The molecule has 0 heterocycles. The van der Waals surface area contributed by atoms with Gasteiger partial charge in [0.2, 0.25) is 0 Å². The quantitative estimate of drug-likeness (QED) is 0.325. The van der Waals surface area contributed by atoms with E-state index in [2.05, 4.69) is 13.0 Å². The monoisotopic (exact) mass is 152 g/mol. The molecule has 0 aromatic rings. The SMILES string of the molecule is CCCCCC=CCC=C=O. The second-order valence-electron chi connectivity index (χ2n) is 2.52. The molecule has 0 aliphatic carbocycles. The van der Waals surface area contributed by atoms with E-state index >= 15 is 0 Å². The van der Waals surface area contributed by atoms with Crippen LogP contribution in [-0.2, 0) is 4.79 Å². The van der Waals surface area contributed by atoms with E-state index in [0.717, 1.165) is 12.8 Å². The predicted molar refractivity (Wildman–Crippen MR) is 48.2 cm³/mol. The smallest absolute Gasteiger partial charge is 0.120 e. The van der Waals surface area contributed by atoms with Crippen LogP contribution in [0.4, 0.5) is 0 Å². The maximum atomic E-state index is 9.73. The van der Waals surface area contributed by atoms with Crippen LogP contribution in [0.15, 0.2) is 18.2 Å². The van der Waals surface area contributed by atoms with E-state index in [9.17, 15) is 4.79 Å². The summed E-state index contributed by atoms with van der Waals surface area (Å²) in [4.78, 5) is 9.73. The Labute approximate surface area is 68.8 Å². The minimum Gasteiger partial charge on any atom is -0.234 e. The van der Waals surface area contributed by atoms with Crippen molar-refractivity contribution in [1.29, 1.82) is 0 Å². The van der Waals surface area contributed by atoms with E-state index < -0.39 is 0 Å². The molecule has 0 radical (unpaired) electrons. The van der Waals surface area contributed by atoms with Gasteiger partial charge in [-0.3, -0.25) is 0 Å². The van der Waals surface area contributed by atoms with Gasteiger partial charge in [-0.15, -0.1) is 0 Å². The zero-order valence-electron chi connectivity index (χ0n) is 7.18. The molecule has 0 N–H and O–H groups in total. The first-order valence-corrected chi connectivity index (χ1v) is 4.26. The summed E-state index contributed by atoms with van der Waals surface area (Å²) in [7, 11) is 0. The van der Waals surface area contributed by atoms with Crippen LogP contribution in [0.25, 0.3) is 0 Å². The van der Waals surface area contributed by atoms with Gasteiger partial charge in [-0.1, -0.05) is 31.9 Å². The lowest BCUT2D eigenvalue weighted by atomic mass is 10.2. The van der Waals surface area contributed by atoms with Crippen molar-refractivity contribution in [3.05, 3.63) is 18.2 Å². The molecule has 11 heavy (non-hydrogen) atoms. The van der Waals surface area contributed by atoms with Gasteiger partial charge in [-0.25, -0.2) is 4.79 Å². The molecule has 0 saturated carbocycles. The van der Waals surface area contributed by atoms with Crippen LogP contribution in [0.3, 0.4) is 0 Å². The van der Waals surface area contributed by atoms with E-state index in [4.69, 9.17) is 0 Å². The van der Waals surface area contributed by atoms with Gasteiger partial charge in [0.05, 0.1) is 0 Å². The highest BCUT2D eigenvalue weighted by atomic mass is 16.1. The van der Waals surface area contributed by atoms with Crippen LogP contribution in [0, 0.1) is 0 Å². The summed E-state index contributed by atoms with van der Waals surface area (Å²) in [5.41, 5.74) is 0. The van der Waals surface area contributed by atoms with Crippen LogP contribution in [0.1, 0.15) is 39.0 Å². The second-order valence-corrected chi connectivity index (χ2v) is 2.52. The molecule has 62 valence electrons. The van der Waals surface area contributed by atoms with E-state index in [-0.39, 0.29) is 0 Å². The normalized spacial score (nSPS) is 9.91. The minimum atomic E-state index is 0.732. The summed E-state index contributed by atoms with van der Waals surface area (Å²) >= 11 is 0. The topological polar surface area (TPSA) is 17.1 Å². The Hall–Kier alpha value is -0.810. The standard InChI is InChI=1S/C10H16O/c1-2-3-4-5-6-7-8-9-10-11/h6-7,9H,2-5,8H2,1H3. The van der Waals surface area contributed by atoms with Crippen LogP contribution in [-0.4, -0.2) is 5.94 Å². The Kier molecular flexibility index (Phi) is 8.51. The number of allylic oxidation sites excluding steroid dienone is 3. The Morgan fingerprint density at radius 3 is 2.73 bits per heavy atom. The number of carbonyl (C=O) groups excluding carboxylic acids is 1. The van der Waals surface area contributed by atoms with Crippen molar-refractivity contribution in [2.45, 2.75) is 39.0 Å². The van der Waals surface area contributed by atoms with Crippen LogP contribution in [0.2, 0.25) is 0 Å². The summed E-state index contributed by atoms with van der Waals surface area (Å²) in [6.45, 7) is 2.19. The Bertz CT molecular complexity index is 141. The fourth-order valence-electron chi connectivity index (χ4n) is 0.842. The van der Waals surface area contributed by atoms with E-state index in [0.29, 0.717) is 0 Å². The maximum Gasteiger partial charge on any atom is 0.120 e. The Morgan fingerprint density at radius 1 is 1.27 bits per heavy atom. The lowest BCUT2D eigenvalue weighted by molar-refractivity contribution is 0.568. The molecular formula is C10H16O. The first-order chi connectivity index (χ1) is 5.41. The van der Waals surface area contributed by atoms with Gasteiger partial charge in [0.1, 0.15) is 5.94 Å². The van der Waals surface area contributed by atoms with Gasteiger partial charge in [-0.2, -0.15) is 0 Å². The lowest BCUT2D eigenvalue weighted by Gasteiger charge is -1.89. The van der Waals surface area contributed by atoms with Crippen molar-refractivity contribution < 1.29 is 4.79 Å². The molecule has 0 spiro atoms. The fourth-order valence-corrected chi connectivity index (χ4v) is 0.842. The number of unbranched alkanes of at least 4 members (excludes halogenated alkanes) is 3. The van der Waals surface area contributed by atoms with Gasteiger partial charge in [-0.05, 0) is 19.3 Å². The number of rotatable bonds is 6. The third-order valence-electron chi connectivity index (χ3n) is 1.48. The zero-order valence-corrected chi connectivity index (χ0v) is 7.18. The predicted octanol–water partition coefficient (Wildman–Crippen LogP) is 2.90. The number of hydrogen-bond donors (Lipinski definition) is 0. The van der Waals surface area contributed by atoms with Crippen LogP contribution >= 0.6 is 0 Å². The molecule has 0 atom stereocenters. The van der Waals surface area contributed by atoms with Crippen molar-refractivity contribution in [3.8, 4) is 0 Å². The molecule has 1 heteroatoms. The van der Waals surface area contributed by atoms with Gasteiger partial charge < -0.3 is 0 Å². The summed E-state index contributed by atoms with van der Waals surface area (Å²) < 4.78 is 0. The second kappa shape index (κ2) is 9.19. The van der Waals surface area contributed by atoms with Gasteiger partial charge in [0, 0.05) is 6.08 Å². The first-order valence-electron chi connectivity index (χ1n) is 4.26. The molecule has 0 rings (SSSR count). The first kappa shape index (κ1) is 10.2. The minimum absolute atomic E-state index is 0.732. The van der Waals surface area contributed by atoms with Crippen molar-refractivity contribution >= 4 is 5.94 Å². The maximum absolute atomic E-state index is 9.73. The van der Waals surface area contributed by atoms with Crippen molar-refractivity contribution in [2.75, 3.05) is 0 Å². The molecule has 0 aliphatic rings. The Balaban J connectivity index is 3.09. The number of hydrogen-bond acceptors (Lipinski definition) is 1. The highest BCUT2D eigenvalue weighted by Crippen LogP contribution is 1.99. The Morgan fingerprint density at radius 2 is 2.09 bits per heavy atom. The molecule has 0 unspecified atom stereocenters. The van der Waals surface area contributed by atoms with Crippen molar-refractivity contribution in [2.24, 2.45) is 0 Å². The molecular weight excluding hydrogens is 136 g/mol. The molecule has 0 aliphatic heterocycles. The van der Waals surface area contributed by atoms with E-state index in [1.807, 2.05) is 6.08 Å². The highest BCUT2D eigenvalue weighted by Gasteiger charge is 1.80. The summed E-state index contributed by atoms with van der Waals surface area (Å²) in [6.07, 6.45) is 11.3. The van der Waals surface area contributed by atoms with Gasteiger partial charge >= 0.3 is 0 Å². The summed E-state index contributed by atoms with van der Waals surface area (Å²) in [5, 5.41) is 0. The highest BCUT2D eigenvalue weighted by molar-refractivity contribution is 5.45. The molecule has 0 amide bonds. The summed E-state index contributed by atoms with van der Waals surface area (Å²) in [5.74, 6) is 1.74. The van der Waals surface area contributed by atoms with Gasteiger partial charge in [0.15, 0.2) is 0 Å². The lowest BCUT2D eigenvalue weighted by Crippen LogP contribution is -1.70. The van der Waals surface area contributed by atoms with Crippen LogP contribution < -0.4 is 0 Å². The third-order valence-corrected chi connectivity index (χ3v) is 1.48. The van der Waals surface area contributed by atoms with Crippen molar-refractivity contribution in [3.63, 3.8) is 0 Å². The zero-order chi connectivity index (χ0) is 8.36. The summed E-state index contributed by atoms with van der Waals surface area (Å²) in [6, 6.07) is 0. The van der Waals surface area contributed by atoms with E-state index in [1.54, 1.807) is 5.94 Å². The largest absolute Gasteiger partial charge is 0.234 e.